The standard InChI is InChI=1S/C18H21N5/c1-13-5-4-8-16-17(13)18(21-12-20-16)19-11-14-9-10-23(22-14)15-6-2-3-7-15/h4-5,8-10,12,15H,2-3,6-7,11H2,1H3,(H,19,20,21). The first kappa shape index (κ1) is 14.2. The molecule has 0 aliphatic heterocycles. The van der Waals surface area contributed by atoms with E-state index in [2.05, 4.69) is 45.2 Å². The zero-order valence-corrected chi connectivity index (χ0v) is 13.4. The molecule has 1 N–H and O–H groups in total. The molecule has 4 rings (SSSR count). The van der Waals surface area contributed by atoms with Crippen LogP contribution in [0.4, 0.5) is 5.82 Å². The van der Waals surface area contributed by atoms with Crippen molar-refractivity contribution < 1.29 is 0 Å². The summed E-state index contributed by atoms with van der Waals surface area (Å²) >= 11 is 0. The number of hydrogen-bond acceptors (Lipinski definition) is 4. The Bertz CT molecular complexity index is 812. The molecule has 3 aromatic rings. The van der Waals surface area contributed by atoms with E-state index in [9.17, 15) is 0 Å². The number of nitrogens with one attached hydrogen (secondary N) is 1. The lowest BCUT2D eigenvalue weighted by atomic mass is 10.1. The van der Waals surface area contributed by atoms with Gasteiger partial charge in [-0.05, 0) is 37.5 Å². The van der Waals surface area contributed by atoms with E-state index in [-0.39, 0.29) is 0 Å². The summed E-state index contributed by atoms with van der Waals surface area (Å²) in [5, 5.41) is 9.23. The van der Waals surface area contributed by atoms with E-state index in [1.807, 2.05) is 12.1 Å². The molecule has 5 heteroatoms. The van der Waals surface area contributed by atoms with E-state index in [1.165, 1.54) is 31.2 Å². The number of aromatic nitrogens is 4. The summed E-state index contributed by atoms with van der Waals surface area (Å²) in [7, 11) is 0. The van der Waals surface area contributed by atoms with Crippen molar-refractivity contribution in [1.29, 1.82) is 0 Å². The minimum absolute atomic E-state index is 0.589. The lowest BCUT2D eigenvalue weighted by molar-refractivity contribution is 0.463. The normalized spacial score (nSPS) is 15.3. The van der Waals surface area contributed by atoms with E-state index in [0.29, 0.717) is 12.6 Å². The molecule has 2 aromatic heterocycles. The highest BCUT2D eigenvalue weighted by molar-refractivity contribution is 5.91. The minimum Gasteiger partial charge on any atom is -0.364 e. The van der Waals surface area contributed by atoms with Crippen molar-refractivity contribution in [3.63, 3.8) is 0 Å². The van der Waals surface area contributed by atoms with Crippen LogP contribution in [0.3, 0.4) is 0 Å². The highest BCUT2D eigenvalue weighted by Gasteiger charge is 2.17. The average Bonchev–Trinajstić information content (AvgIpc) is 3.24. The molecule has 5 nitrogen and oxygen atoms in total. The number of fused-ring (bicyclic) bond motifs is 1. The molecule has 1 aliphatic rings. The summed E-state index contributed by atoms with van der Waals surface area (Å²) < 4.78 is 2.13. The predicted molar refractivity (Wildman–Crippen MR) is 91.3 cm³/mol. The molecule has 23 heavy (non-hydrogen) atoms. The first-order valence-electron chi connectivity index (χ1n) is 8.29. The van der Waals surface area contributed by atoms with Gasteiger partial charge in [0.1, 0.15) is 12.1 Å². The predicted octanol–water partition coefficient (Wildman–Crippen LogP) is 3.86. The van der Waals surface area contributed by atoms with Gasteiger partial charge in [0.15, 0.2) is 0 Å². The van der Waals surface area contributed by atoms with E-state index < -0.39 is 0 Å². The fourth-order valence-electron chi connectivity index (χ4n) is 3.43. The van der Waals surface area contributed by atoms with Crippen LogP contribution in [0.5, 0.6) is 0 Å². The average molecular weight is 307 g/mol. The maximum Gasteiger partial charge on any atom is 0.137 e. The van der Waals surface area contributed by atoms with Crippen molar-refractivity contribution in [3.8, 4) is 0 Å². The first-order valence-corrected chi connectivity index (χ1v) is 8.29. The monoisotopic (exact) mass is 307 g/mol. The Hall–Kier alpha value is -2.43. The molecule has 1 aliphatic carbocycles. The number of nitrogens with zero attached hydrogens (tertiary/aromatic N) is 4. The fraction of sp³-hybridized carbons (Fsp3) is 0.389. The molecule has 0 saturated heterocycles. The van der Waals surface area contributed by atoms with Crippen molar-refractivity contribution in [1.82, 2.24) is 19.7 Å². The summed E-state index contributed by atoms with van der Waals surface area (Å²) in [6.07, 6.45) is 8.88. The van der Waals surface area contributed by atoms with Crippen LogP contribution in [-0.4, -0.2) is 19.7 Å². The van der Waals surface area contributed by atoms with Gasteiger partial charge in [-0.15, -0.1) is 0 Å². The maximum atomic E-state index is 4.72. The molecule has 0 bridgehead atoms. The minimum atomic E-state index is 0.589. The number of hydrogen-bond donors (Lipinski definition) is 1. The van der Waals surface area contributed by atoms with Crippen molar-refractivity contribution in [2.45, 2.75) is 45.2 Å². The lowest BCUT2D eigenvalue weighted by Crippen LogP contribution is -2.08. The maximum absolute atomic E-state index is 4.72. The van der Waals surface area contributed by atoms with Gasteiger partial charge >= 0.3 is 0 Å². The molecule has 0 amide bonds. The van der Waals surface area contributed by atoms with Crippen LogP contribution in [0.15, 0.2) is 36.8 Å². The molecular formula is C18H21N5. The molecule has 0 spiro atoms. The number of benzene rings is 1. The van der Waals surface area contributed by atoms with Crippen molar-refractivity contribution >= 4 is 16.7 Å². The topological polar surface area (TPSA) is 55.6 Å². The van der Waals surface area contributed by atoms with E-state index in [1.54, 1.807) is 6.33 Å². The SMILES string of the molecule is Cc1cccc2ncnc(NCc3ccn(C4CCCC4)n3)c12. The van der Waals surface area contributed by atoms with Crippen molar-refractivity contribution in [2.75, 3.05) is 5.32 Å². The van der Waals surface area contributed by atoms with Crippen LogP contribution in [-0.2, 0) is 6.54 Å². The Morgan fingerprint density at radius 2 is 2.04 bits per heavy atom. The third-order valence-corrected chi connectivity index (χ3v) is 4.67. The van der Waals surface area contributed by atoms with Crippen LogP contribution < -0.4 is 5.32 Å². The second-order valence-corrected chi connectivity index (χ2v) is 6.27. The lowest BCUT2D eigenvalue weighted by Gasteiger charge is -2.10. The third kappa shape index (κ3) is 2.79. The Kier molecular flexibility index (Phi) is 3.69. The molecule has 1 saturated carbocycles. The zero-order valence-electron chi connectivity index (χ0n) is 13.4. The van der Waals surface area contributed by atoms with E-state index >= 15 is 0 Å². The van der Waals surface area contributed by atoms with Crippen LogP contribution in [0.1, 0.15) is 43.0 Å². The first-order chi connectivity index (χ1) is 11.3. The number of anilines is 1. The fourth-order valence-corrected chi connectivity index (χ4v) is 3.43. The summed E-state index contributed by atoms with van der Waals surface area (Å²) in [5.41, 5.74) is 3.21. The van der Waals surface area contributed by atoms with Gasteiger partial charge in [-0.1, -0.05) is 25.0 Å². The highest BCUT2D eigenvalue weighted by atomic mass is 15.3. The van der Waals surface area contributed by atoms with Gasteiger partial charge in [-0.3, -0.25) is 4.68 Å². The summed E-state index contributed by atoms with van der Waals surface area (Å²) in [6, 6.07) is 8.82. The molecule has 0 radical (unpaired) electrons. The molecule has 0 atom stereocenters. The quantitative estimate of drug-likeness (QED) is 0.795. The third-order valence-electron chi connectivity index (χ3n) is 4.67. The van der Waals surface area contributed by atoms with Gasteiger partial charge in [0.25, 0.3) is 0 Å². The van der Waals surface area contributed by atoms with Crippen LogP contribution in [0, 0.1) is 6.92 Å². The van der Waals surface area contributed by atoms with Crippen molar-refractivity contribution in [3.05, 3.63) is 48.0 Å². The van der Waals surface area contributed by atoms with Crippen LogP contribution in [0.25, 0.3) is 10.9 Å². The van der Waals surface area contributed by atoms with Crippen molar-refractivity contribution in [2.24, 2.45) is 0 Å². The zero-order chi connectivity index (χ0) is 15.6. The Balaban J connectivity index is 1.53. The summed E-state index contributed by atoms with van der Waals surface area (Å²) in [5.74, 6) is 0.878. The number of aryl methyl sites for hydroxylation is 1. The molecule has 118 valence electrons. The van der Waals surface area contributed by atoms with Gasteiger partial charge in [-0.25, -0.2) is 9.97 Å². The van der Waals surface area contributed by atoms with Gasteiger partial charge in [0, 0.05) is 11.6 Å². The molecule has 1 aromatic carbocycles. The van der Waals surface area contributed by atoms with Gasteiger partial charge in [-0.2, -0.15) is 5.10 Å². The van der Waals surface area contributed by atoms with Gasteiger partial charge in [0.2, 0.25) is 0 Å². The summed E-state index contributed by atoms with van der Waals surface area (Å²) in [4.78, 5) is 8.75. The summed E-state index contributed by atoms with van der Waals surface area (Å²) in [6.45, 7) is 2.77. The second-order valence-electron chi connectivity index (χ2n) is 6.27. The molecule has 1 fully saturated rings. The van der Waals surface area contributed by atoms with E-state index in [0.717, 1.165) is 22.4 Å². The van der Waals surface area contributed by atoms with Crippen LogP contribution in [0.2, 0.25) is 0 Å². The smallest absolute Gasteiger partial charge is 0.137 e. The van der Waals surface area contributed by atoms with Gasteiger partial charge < -0.3 is 5.32 Å². The Labute approximate surface area is 135 Å². The molecular weight excluding hydrogens is 286 g/mol. The second kappa shape index (κ2) is 5.99. The Morgan fingerprint density at radius 1 is 1.17 bits per heavy atom. The molecule has 2 heterocycles. The van der Waals surface area contributed by atoms with E-state index in [4.69, 9.17) is 5.10 Å². The van der Waals surface area contributed by atoms with Crippen LogP contribution >= 0.6 is 0 Å². The highest BCUT2D eigenvalue weighted by Crippen LogP contribution is 2.29. The molecule has 0 unspecified atom stereocenters. The number of rotatable bonds is 4. The Morgan fingerprint density at radius 3 is 2.91 bits per heavy atom. The van der Waals surface area contributed by atoms with Gasteiger partial charge in [0.05, 0.1) is 23.8 Å². The largest absolute Gasteiger partial charge is 0.364 e.